The first-order valence-corrected chi connectivity index (χ1v) is 3.80. The highest BCUT2D eigenvalue weighted by Gasteiger charge is 2.41. The molecule has 0 unspecified atom stereocenters. The van der Waals surface area contributed by atoms with Gasteiger partial charge in [-0.05, 0) is 18.8 Å². The molecule has 0 bridgehead atoms. The van der Waals surface area contributed by atoms with E-state index in [0.717, 1.165) is 17.9 Å². The van der Waals surface area contributed by atoms with Crippen molar-refractivity contribution < 1.29 is 10.0 Å². The van der Waals surface area contributed by atoms with Crippen LogP contribution in [0.5, 0.6) is 0 Å². The van der Waals surface area contributed by atoms with Crippen LogP contribution in [0.2, 0.25) is 0 Å². The molecule has 0 aromatic carbocycles. The third-order valence-electron chi connectivity index (χ3n) is 2.63. The number of hydrogen-bond acceptors (Lipinski definition) is 2. The zero-order valence-electron chi connectivity index (χ0n) is 5.79. The molecule has 1 aliphatic carbocycles. The van der Waals surface area contributed by atoms with Gasteiger partial charge in [0.1, 0.15) is 0 Å². The first kappa shape index (κ1) is 6.16. The molecule has 1 aliphatic heterocycles. The van der Waals surface area contributed by atoms with Crippen molar-refractivity contribution >= 4 is 5.91 Å². The van der Waals surface area contributed by atoms with E-state index in [-0.39, 0.29) is 11.9 Å². The molecule has 0 aromatic heterocycles. The maximum Gasteiger partial charge on any atom is 0.246 e. The van der Waals surface area contributed by atoms with Crippen LogP contribution in [0.1, 0.15) is 25.7 Å². The van der Waals surface area contributed by atoms with Gasteiger partial charge in [0.05, 0.1) is 6.04 Å². The Balaban J connectivity index is 2.16. The van der Waals surface area contributed by atoms with Crippen LogP contribution in [0, 0.1) is 5.92 Å². The molecule has 1 saturated heterocycles. The summed E-state index contributed by atoms with van der Waals surface area (Å²) in [5, 5.41) is 10.1. The second-order valence-corrected chi connectivity index (χ2v) is 3.20. The van der Waals surface area contributed by atoms with Crippen molar-refractivity contribution in [3.05, 3.63) is 0 Å². The Morgan fingerprint density at radius 3 is 3.00 bits per heavy atom. The van der Waals surface area contributed by atoms with Crippen molar-refractivity contribution in [1.29, 1.82) is 0 Å². The van der Waals surface area contributed by atoms with Crippen LogP contribution in [0.25, 0.3) is 0 Å². The summed E-state index contributed by atoms with van der Waals surface area (Å²) < 4.78 is 0. The average molecular weight is 141 g/mol. The molecule has 2 aliphatic rings. The van der Waals surface area contributed by atoms with Crippen molar-refractivity contribution in [1.82, 2.24) is 5.06 Å². The number of rotatable bonds is 0. The van der Waals surface area contributed by atoms with E-state index in [0.29, 0.717) is 12.3 Å². The van der Waals surface area contributed by atoms with Gasteiger partial charge in [0.2, 0.25) is 5.91 Å². The molecule has 3 nitrogen and oxygen atoms in total. The lowest BCUT2D eigenvalue weighted by molar-refractivity contribution is -0.165. The van der Waals surface area contributed by atoms with E-state index in [9.17, 15) is 4.79 Å². The van der Waals surface area contributed by atoms with Gasteiger partial charge in [-0.3, -0.25) is 10.0 Å². The molecular weight excluding hydrogens is 130 g/mol. The third kappa shape index (κ3) is 0.669. The zero-order valence-corrected chi connectivity index (χ0v) is 5.79. The van der Waals surface area contributed by atoms with Crippen molar-refractivity contribution in [3.8, 4) is 0 Å². The molecular formula is C7H11NO2. The summed E-state index contributed by atoms with van der Waals surface area (Å²) in [6, 6.07) is 0.160. The number of carbonyl (C=O) groups is 1. The van der Waals surface area contributed by atoms with Crippen molar-refractivity contribution in [2.45, 2.75) is 31.7 Å². The minimum absolute atomic E-state index is 0.0882. The Morgan fingerprint density at radius 1 is 1.50 bits per heavy atom. The van der Waals surface area contributed by atoms with Crippen molar-refractivity contribution in [2.75, 3.05) is 0 Å². The molecule has 2 fully saturated rings. The summed E-state index contributed by atoms with van der Waals surface area (Å²) >= 11 is 0. The lowest BCUT2D eigenvalue weighted by Crippen LogP contribution is -2.29. The van der Waals surface area contributed by atoms with Gasteiger partial charge in [-0.25, -0.2) is 5.06 Å². The Bertz CT molecular complexity index is 169. The summed E-state index contributed by atoms with van der Waals surface area (Å²) in [6.45, 7) is 0. The summed E-state index contributed by atoms with van der Waals surface area (Å²) in [5.74, 6) is 0.368. The Kier molecular flexibility index (Phi) is 1.20. The van der Waals surface area contributed by atoms with Crippen LogP contribution in [-0.2, 0) is 4.79 Å². The molecule has 1 heterocycles. The first-order valence-electron chi connectivity index (χ1n) is 3.80. The lowest BCUT2D eigenvalue weighted by atomic mass is 10.1. The average Bonchev–Trinajstić information content (AvgIpc) is 2.41. The predicted octanol–water partition coefficient (Wildman–Crippen LogP) is 0.777. The van der Waals surface area contributed by atoms with Gasteiger partial charge < -0.3 is 0 Å². The number of amides is 1. The SMILES string of the molecule is O=C1C[C@H]2CCC[C@H]2N1O. The minimum atomic E-state index is -0.0882. The summed E-state index contributed by atoms with van der Waals surface area (Å²) in [7, 11) is 0. The van der Waals surface area contributed by atoms with E-state index in [1.165, 1.54) is 6.42 Å². The molecule has 56 valence electrons. The minimum Gasteiger partial charge on any atom is -0.286 e. The molecule has 0 radical (unpaired) electrons. The molecule has 0 aromatic rings. The highest BCUT2D eigenvalue weighted by Crippen LogP contribution is 2.37. The van der Waals surface area contributed by atoms with E-state index in [2.05, 4.69) is 0 Å². The van der Waals surface area contributed by atoms with Gasteiger partial charge in [0.25, 0.3) is 0 Å². The van der Waals surface area contributed by atoms with Gasteiger partial charge in [-0.15, -0.1) is 0 Å². The van der Waals surface area contributed by atoms with E-state index in [1.807, 2.05) is 0 Å². The number of nitrogens with zero attached hydrogens (tertiary/aromatic N) is 1. The Morgan fingerprint density at radius 2 is 2.30 bits per heavy atom. The third-order valence-corrected chi connectivity index (χ3v) is 2.63. The van der Waals surface area contributed by atoms with Crippen molar-refractivity contribution in [3.63, 3.8) is 0 Å². The molecule has 10 heavy (non-hydrogen) atoms. The molecule has 2 rings (SSSR count). The van der Waals surface area contributed by atoms with Crippen LogP contribution < -0.4 is 0 Å². The number of carbonyl (C=O) groups excluding carboxylic acids is 1. The fraction of sp³-hybridized carbons (Fsp3) is 0.857. The van der Waals surface area contributed by atoms with E-state index >= 15 is 0 Å². The van der Waals surface area contributed by atoms with Crippen LogP contribution in [0.3, 0.4) is 0 Å². The zero-order chi connectivity index (χ0) is 7.14. The van der Waals surface area contributed by atoms with Gasteiger partial charge >= 0.3 is 0 Å². The normalized spacial score (nSPS) is 38.9. The lowest BCUT2D eigenvalue weighted by Gasteiger charge is -2.14. The second kappa shape index (κ2) is 1.95. The number of hydroxylamine groups is 2. The first-order chi connectivity index (χ1) is 4.79. The number of fused-ring (bicyclic) bond motifs is 1. The van der Waals surface area contributed by atoms with Crippen LogP contribution >= 0.6 is 0 Å². The molecule has 2 atom stereocenters. The fourth-order valence-corrected chi connectivity index (χ4v) is 2.08. The van der Waals surface area contributed by atoms with Crippen LogP contribution in [0.4, 0.5) is 0 Å². The van der Waals surface area contributed by atoms with E-state index in [4.69, 9.17) is 5.21 Å². The Labute approximate surface area is 59.6 Å². The largest absolute Gasteiger partial charge is 0.286 e. The molecule has 1 N–H and O–H groups in total. The maximum absolute atomic E-state index is 10.9. The van der Waals surface area contributed by atoms with Gasteiger partial charge in [-0.1, -0.05) is 6.42 Å². The van der Waals surface area contributed by atoms with Gasteiger partial charge in [0, 0.05) is 6.42 Å². The monoisotopic (exact) mass is 141 g/mol. The van der Waals surface area contributed by atoms with Crippen LogP contribution in [-0.4, -0.2) is 22.2 Å². The molecule has 0 spiro atoms. The quantitative estimate of drug-likeness (QED) is 0.506. The smallest absolute Gasteiger partial charge is 0.246 e. The van der Waals surface area contributed by atoms with Gasteiger partial charge in [0.15, 0.2) is 0 Å². The predicted molar refractivity (Wildman–Crippen MR) is 34.4 cm³/mol. The van der Waals surface area contributed by atoms with E-state index in [1.54, 1.807) is 0 Å². The summed E-state index contributed by atoms with van der Waals surface area (Å²) in [6.07, 6.45) is 3.85. The summed E-state index contributed by atoms with van der Waals surface area (Å²) in [5.41, 5.74) is 0. The molecule has 1 saturated carbocycles. The number of hydrogen-bond donors (Lipinski definition) is 1. The highest BCUT2D eigenvalue weighted by atomic mass is 16.5. The molecule has 1 amide bonds. The Hall–Kier alpha value is -0.570. The van der Waals surface area contributed by atoms with Crippen molar-refractivity contribution in [2.24, 2.45) is 5.92 Å². The topological polar surface area (TPSA) is 40.5 Å². The standard InChI is InChI=1S/C7H11NO2/c9-7-4-5-2-1-3-6(5)8(7)10/h5-6,10H,1-4H2/t5-,6-/m1/s1. The van der Waals surface area contributed by atoms with Crippen LogP contribution in [0.15, 0.2) is 0 Å². The van der Waals surface area contributed by atoms with E-state index < -0.39 is 0 Å². The van der Waals surface area contributed by atoms with Gasteiger partial charge in [-0.2, -0.15) is 0 Å². The molecule has 3 heteroatoms. The highest BCUT2D eigenvalue weighted by molar-refractivity contribution is 5.78. The fourth-order valence-electron chi connectivity index (χ4n) is 2.08. The second-order valence-electron chi connectivity index (χ2n) is 3.20. The maximum atomic E-state index is 10.9. The summed E-state index contributed by atoms with van der Waals surface area (Å²) in [4.78, 5) is 10.9.